The van der Waals surface area contributed by atoms with Crippen LogP contribution in [0.5, 0.6) is 0 Å². The Morgan fingerprint density at radius 1 is 0.765 bits per heavy atom. The fourth-order valence-corrected chi connectivity index (χ4v) is 1.84. The number of para-hydroxylation sites is 1. The zero-order chi connectivity index (χ0) is 11.7. The van der Waals surface area contributed by atoms with Crippen LogP contribution in [0.2, 0.25) is 0 Å². The lowest BCUT2D eigenvalue weighted by Crippen LogP contribution is -1.87. The highest BCUT2D eigenvalue weighted by atomic mass is 16.1. The summed E-state index contributed by atoms with van der Waals surface area (Å²) in [5, 5.41) is 3.14. The molecule has 0 heterocycles. The van der Waals surface area contributed by atoms with Crippen molar-refractivity contribution in [3.05, 3.63) is 70.9 Å². The standard InChI is InChI=1S/C15H11NO/c17-15-13(11-7-3-1-4-8-11)14(15)16-12-9-5-2-6-10-12/h1-10,16H. The number of nitrogens with one attached hydrogen (secondary N) is 1. The Morgan fingerprint density at radius 3 is 2.00 bits per heavy atom. The van der Waals surface area contributed by atoms with Gasteiger partial charge in [-0.1, -0.05) is 48.5 Å². The van der Waals surface area contributed by atoms with E-state index in [4.69, 9.17) is 0 Å². The van der Waals surface area contributed by atoms with E-state index in [0.29, 0.717) is 5.69 Å². The number of benzene rings is 2. The van der Waals surface area contributed by atoms with Gasteiger partial charge in [-0.25, -0.2) is 0 Å². The van der Waals surface area contributed by atoms with Crippen molar-refractivity contribution in [3.63, 3.8) is 0 Å². The fraction of sp³-hybridized carbons (Fsp3) is 0. The molecular formula is C15H11NO. The molecule has 0 bridgehead atoms. The van der Waals surface area contributed by atoms with Gasteiger partial charge in [0.25, 0.3) is 0 Å². The average molecular weight is 221 g/mol. The van der Waals surface area contributed by atoms with Gasteiger partial charge in [-0.15, -0.1) is 0 Å². The first-order valence-electron chi connectivity index (χ1n) is 5.53. The van der Waals surface area contributed by atoms with Gasteiger partial charge in [0, 0.05) is 5.69 Å². The molecule has 2 nitrogen and oxygen atoms in total. The van der Waals surface area contributed by atoms with Gasteiger partial charge in [0.05, 0.1) is 11.3 Å². The zero-order valence-electron chi connectivity index (χ0n) is 9.18. The van der Waals surface area contributed by atoms with E-state index in [1.165, 1.54) is 0 Å². The summed E-state index contributed by atoms with van der Waals surface area (Å²) in [7, 11) is 0. The van der Waals surface area contributed by atoms with Gasteiger partial charge in [-0.2, -0.15) is 0 Å². The maximum atomic E-state index is 11.7. The molecule has 82 valence electrons. The second-order valence-electron chi connectivity index (χ2n) is 3.94. The summed E-state index contributed by atoms with van der Waals surface area (Å²) in [5.74, 6) is 0. The molecule has 0 saturated carbocycles. The smallest absolute Gasteiger partial charge is 0.212 e. The van der Waals surface area contributed by atoms with Crippen molar-refractivity contribution in [2.24, 2.45) is 0 Å². The summed E-state index contributed by atoms with van der Waals surface area (Å²) in [6.07, 6.45) is 0. The van der Waals surface area contributed by atoms with Crippen LogP contribution in [-0.4, -0.2) is 0 Å². The van der Waals surface area contributed by atoms with Crippen molar-refractivity contribution in [2.75, 3.05) is 5.32 Å². The topological polar surface area (TPSA) is 29.1 Å². The second-order valence-corrected chi connectivity index (χ2v) is 3.94. The SMILES string of the molecule is O=c1c(Nc2ccccc2)c1-c1ccccc1. The van der Waals surface area contributed by atoms with Gasteiger partial charge in [0.15, 0.2) is 0 Å². The highest BCUT2D eigenvalue weighted by molar-refractivity contribution is 5.91. The summed E-state index contributed by atoms with van der Waals surface area (Å²) in [4.78, 5) is 11.7. The molecule has 0 spiro atoms. The second kappa shape index (κ2) is 3.91. The molecular weight excluding hydrogens is 210 g/mol. The molecule has 0 saturated heterocycles. The van der Waals surface area contributed by atoms with Gasteiger partial charge >= 0.3 is 0 Å². The van der Waals surface area contributed by atoms with Crippen molar-refractivity contribution >= 4 is 11.4 Å². The summed E-state index contributed by atoms with van der Waals surface area (Å²) in [6.45, 7) is 0. The molecule has 2 heteroatoms. The summed E-state index contributed by atoms with van der Waals surface area (Å²) < 4.78 is 0. The minimum atomic E-state index is 0.111. The van der Waals surface area contributed by atoms with Gasteiger partial charge in [0.2, 0.25) is 5.43 Å². The lowest BCUT2D eigenvalue weighted by atomic mass is 10.2. The van der Waals surface area contributed by atoms with Gasteiger partial charge in [-0.3, -0.25) is 4.79 Å². The monoisotopic (exact) mass is 221 g/mol. The molecule has 0 aliphatic rings. The first kappa shape index (κ1) is 9.85. The number of rotatable bonds is 3. The van der Waals surface area contributed by atoms with Crippen molar-refractivity contribution in [2.45, 2.75) is 0 Å². The van der Waals surface area contributed by atoms with E-state index in [2.05, 4.69) is 5.32 Å². The zero-order valence-corrected chi connectivity index (χ0v) is 9.18. The van der Waals surface area contributed by atoms with Crippen molar-refractivity contribution in [1.29, 1.82) is 0 Å². The molecule has 0 aliphatic heterocycles. The minimum Gasteiger partial charge on any atom is -0.352 e. The van der Waals surface area contributed by atoms with E-state index in [-0.39, 0.29) is 5.43 Å². The van der Waals surface area contributed by atoms with Crippen LogP contribution in [0.4, 0.5) is 11.4 Å². The van der Waals surface area contributed by atoms with E-state index < -0.39 is 0 Å². The molecule has 3 aromatic carbocycles. The first-order chi connectivity index (χ1) is 8.36. The molecule has 17 heavy (non-hydrogen) atoms. The molecule has 3 rings (SSSR count). The van der Waals surface area contributed by atoms with E-state index in [9.17, 15) is 4.79 Å². The van der Waals surface area contributed by atoms with Crippen LogP contribution in [0.15, 0.2) is 65.5 Å². The Kier molecular flexibility index (Phi) is 2.26. The molecule has 1 N–H and O–H groups in total. The van der Waals surface area contributed by atoms with Crippen LogP contribution < -0.4 is 10.7 Å². The third kappa shape index (κ3) is 1.85. The quantitative estimate of drug-likeness (QED) is 0.735. The first-order valence-corrected chi connectivity index (χ1v) is 5.53. The Labute approximate surface area is 99.2 Å². The summed E-state index contributed by atoms with van der Waals surface area (Å²) >= 11 is 0. The van der Waals surface area contributed by atoms with E-state index in [1.54, 1.807) is 0 Å². The number of hydrogen-bond acceptors (Lipinski definition) is 2. The van der Waals surface area contributed by atoms with Gasteiger partial charge in [0.1, 0.15) is 0 Å². The minimum absolute atomic E-state index is 0.111. The maximum absolute atomic E-state index is 11.7. The lowest BCUT2D eigenvalue weighted by molar-refractivity contribution is 1.61. The van der Waals surface area contributed by atoms with Crippen molar-refractivity contribution in [1.82, 2.24) is 0 Å². The van der Waals surface area contributed by atoms with E-state index in [1.807, 2.05) is 60.7 Å². The van der Waals surface area contributed by atoms with Gasteiger partial charge in [-0.05, 0) is 17.7 Å². The predicted octanol–water partition coefficient (Wildman–Crippen LogP) is 3.33. The third-order valence-electron chi connectivity index (χ3n) is 2.75. The highest BCUT2D eigenvalue weighted by Crippen LogP contribution is 2.31. The molecule has 0 amide bonds. The van der Waals surface area contributed by atoms with E-state index in [0.717, 1.165) is 16.8 Å². The van der Waals surface area contributed by atoms with E-state index >= 15 is 0 Å². The Bertz CT molecular complexity index is 634. The molecule has 0 aromatic heterocycles. The van der Waals surface area contributed by atoms with Crippen LogP contribution in [0.25, 0.3) is 11.1 Å². The fourth-order valence-electron chi connectivity index (χ4n) is 1.84. The summed E-state index contributed by atoms with van der Waals surface area (Å²) in [6, 6.07) is 19.5. The van der Waals surface area contributed by atoms with Crippen LogP contribution in [0.1, 0.15) is 0 Å². The molecule has 0 radical (unpaired) electrons. The Hall–Kier alpha value is -2.35. The Morgan fingerprint density at radius 2 is 1.35 bits per heavy atom. The maximum Gasteiger partial charge on any atom is 0.212 e. The van der Waals surface area contributed by atoms with Crippen LogP contribution in [-0.2, 0) is 0 Å². The van der Waals surface area contributed by atoms with Crippen LogP contribution >= 0.6 is 0 Å². The Balaban J connectivity index is 1.87. The average Bonchev–Trinajstić information content (AvgIpc) is 3.02. The highest BCUT2D eigenvalue weighted by Gasteiger charge is 2.23. The van der Waals surface area contributed by atoms with Crippen LogP contribution in [0.3, 0.4) is 0 Å². The molecule has 0 aliphatic carbocycles. The molecule has 0 fully saturated rings. The predicted molar refractivity (Wildman–Crippen MR) is 70.2 cm³/mol. The normalized spacial score (nSPS) is 10.6. The largest absolute Gasteiger partial charge is 0.352 e. The lowest BCUT2D eigenvalue weighted by Gasteiger charge is -1.98. The molecule has 3 aromatic rings. The van der Waals surface area contributed by atoms with Gasteiger partial charge < -0.3 is 5.32 Å². The number of anilines is 2. The molecule has 0 atom stereocenters. The van der Waals surface area contributed by atoms with Crippen molar-refractivity contribution < 1.29 is 0 Å². The molecule has 0 unspecified atom stereocenters. The summed E-state index contributed by atoms with van der Waals surface area (Å²) in [5.41, 5.74) is 3.55. The third-order valence-corrected chi connectivity index (χ3v) is 2.75. The van der Waals surface area contributed by atoms with Crippen molar-refractivity contribution in [3.8, 4) is 11.1 Å². The van der Waals surface area contributed by atoms with Crippen LogP contribution in [0, 0.1) is 0 Å². The number of hydrogen-bond donors (Lipinski definition) is 1.